The Kier molecular flexibility index (Phi) is 6.04. The highest BCUT2D eigenvalue weighted by molar-refractivity contribution is 7.89. The van der Waals surface area contributed by atoms with Gasteiger partial charge in [0.1, 0.15) is 0 Å². The quantitative estimate of drug-likeness (QED) is 0.683. The van der Waals surface area contributed by atoms with Crippen LogP contribution in [0, 0.1) is 0 Å². The van der Waals surface area contributed by atoms with Crippen molar-refractivity contribution < 1.29 is 22.7 Å². The lowest BCUT2D eigenvalue weighted by Crippen LogP contribution is -2.41. The van der Waals surface area contributed by atoms with Gasteiger partial charge in [-0.3, -0.25) is 4.79 Å². The molecular formula is C11H21NO5S. The smallest absolute Gasteiger partial charge is 0.305 e. The normalized spacial score (nSPS) is 21.8. The minimum atomic E-state index is -3.36. The topological polar surface area (TPSA) is 81.7 Å². The Hall–Kier alpha value is -0.660. The van der Waals surface area contributed by atoms with Crippen molar-refractivity contribution in [3.63, 3.8) is 0 Å². The standard InChI is InChI=1S/C11H21NO5S/c1-9(10-5-3-7-17-10)12-18(14,15)8-4-6-11(13)16-2/h9-10,12H,3-8H2,1-2H3. The third-order valence-electron chi connectivity index (χ3n) is 2.91. The Bertz CT molecular complexity index is 362. The van der Waals surface area contributed by atoms with Gasteiger partial charge in [-0.1, -0.05) is 0 Å². The van der Waals surface area contributed by atoms with E-state index in [9.17, 15) is 13.2 Å². The Labute approximate surface area is 108 Å². The van der Waals surface area contributed by atoms with Crippen LogP contribution >= 0.6 is 0 Å². The van der Waals surface area contributed by atoms with Crippen LogP contribution in [0.5, 0.6) is 0 Å². The molecule has 0 aromatic carbocycles. The molecule has 2 unspecified atom stereocenters. The molecule has 1 fully saturated rings. The maximum atomic E-state index is 11.7. The van der Waals surface area contributed by atoms with E-state index in [1.54, 1.807) is 6.92 Å². The summed E-state index contributed by atoms with van der Waals surface area (Å²) >= 11 is 0. The van der Waals surface area contributed by atoms with Crippen molar-refractivity contribution in [3.8, 4) is 0 Å². The van der Waals surface area contributed by atoms with Crippen molar-refractivity contribution in [1.82, 2.24) is 4.72 Å². The number of ether oxygens (including phenoxy) is 2. The zero-order valence-corrected chi connectivity index (χ0v) is 11.7. The average molecular weight is 279 g/mol. The van der Waals surface area contributed by atoms with Crippen molar-refractivity contribution in [2.45, 2.75) is 44.8 Å². The van der Waals surface area contributed by atoms with E-state index in [1.165, 1.54) is 7.11 Å². The summed E-state index contributed by atoms with van der Waals surface area (Å²) < 4.78 is 36.0. The van der Waals surface area contributed by atoms with Crippen LogP contribution in [-0.2, 0) is 24.3 Å². The number of hydrogen-bond acceptors (Lipinski definition) is 5. The molecule has 106 valence electrons. The summed E-state index contributed by atoms with van der Waals surface area (Å²) in [5.41, 5.74) is 0. The molecule has 7 heteroatoms. The zero-order valence-electron chi connectivity index (χ0n) is 10.8. The number of carbonyl (C=O) groups excluding carboxylic acids is 1. The maximum absolute atomic E-state index is 11.7. The van der Waals surface area contributed by atoms with E-state index in [-0.39, 0.29) is 30.7 Å². The summed E-state index contributed by atoms with van der Waals surface area (Å²) in [7, 11) is -2.07. The van der Waals surface area contributed by atoms with Gasteiger partial charge in [-0.05, 0) is 26.2 Å². The summed E-state index contributed by atoms with van der Waals surface area (Å²) in [6, 6.07) is -0.226. The number of esters is 1. The maximum Gasteiger partial charge on any atom is 0.305 e. The number of hydrogen-bond donors (Lipinski definition) is 1. The fourth-order valence-electron chi connectivity index (χ4n) is 1.92. The molecule has 2 atom stereocenters. The monoisotopic (exact) mass is 279 g/mol. The summed E-state index contributed by atoms with van der Waals surface area (Å²) in [4.78, 5) is 10.9. The summed E-state index contributed by atoms with van der Waals surface area (Å²) in [5.74, 6) is -0.462. The first kappa shape index (κ1) is 15.4. The van der Waals surface area contributed by atoms with E-state index in [4.69, 9.17) is 4.74 Å². The van der Waals surface area contributed by atoms with Gasteiger partial charge in [-0.15, -0.1) is 0 Å². The fraction of sp³-hybridized carbons (Fsp3) is 0.909. The molecule has 1 aliphatic heterocycles. The Morgan fingerprint density at radius 2 is 2.28 bits per heavy atom. The van der Waals surface area contributed by atoms with Gasteiger partial charge in [-0.25, -0.2) is 13.1 Å². The Balaban J connectivity index is 2.32. The van der Waals surface area contributed by atoms with Crippen molar-refractivity contribution in [1.29, 1.82) is 0 Å². The van der Waals surface area contributed by atoms with Crippen molar-refractivity contribution in [2.75, 3.05) is 19.5 Å². The fourth-order valence-corrected chi connectivity index (χ4v) is 3.28. The molecule has 1 N–H and O–H groups in total. The van der Waals surface area contributed by atoms with Crippen molar-refractivity contribution >= 4 is 16.0 Å². The van der Waals surface area contributed by atoms with Crippen LogP contribution in [0.3, 0.4) is 0 Å². The highest BCUT2D eigenvalue weighted by Gasteiger charge is 2.25. The second-order valence-corrected chi connectivity index (χ2v) is 6.33. The molecule has 0 aromatic rings. The third-order valence-corrected chi connectivity index (χ3v) is 4.47. The number of nitrogens with one attached hydrogen (secondary N) is 1. The predicted molar refractivity (Wildman–Crippen MR) is 66.6 cm³/mol. The lowest BCUT2D eigenvalue weighted by atomic mass is 10.1. The number of sulfonamides is 1. The van der Waals surface area contributed by atoms with Crippen LogP contribution in [0.4, 0.5) is 0 Å². The van der Waals surface area contributed by atoms with E-state index >= 15 is 0 Å². The van der Waals surface area contributed by atoms with E-state index in [2.05, 4.69) is 9.46 Å². The highest BCUT2D eigenvalue weighted by atomic mass is 32.2. The number of rotatable bonds is 7. The lowest BCUT2D eigenvalue weighted by Gasteiger charge is -2.19. The zero-order chi connectivity index (χ0) is 13.6. The van der Waals surface area contributed by atoms with E-state index in [0.29, 0.717) is 6.61 Å². The second-order valence-electron chi connectivity index (χ2n) is 4.46. The molecule has 1 saturated heterocycles. The SMILES string of the molecule is COC(=O)CCCS(=O)(=O)NC(C)C1CCCO1. The molecule has 0 aromatic heterocycles. The van der Waals surface area contributed by atoms with Crippen LogP contribution in [0.1, 0.15) is 32.6 Å². The Morgan fingerprint density at radius 3 is 2.83 bits per heavy atom. The molecule has 1 aliphatic rings. The Morgan fingerprint density at radius 1 is 1.56 bits per heavy atom. The van der Waals surface area contributed by atoms with Gasteiger partial charge in [0.25, 0.3) is 0 Å². The summed E-state index contributed by atoms with van der Waals surface area (Å²) in [6.45, 7) is 2.49. The van der Waals surface area contributed by atoms with Gasteiger partial charge in [0.05, 0.1) is 19.0 Å². The van der Waals surface area contributed by atoms with Gasteiger partial charge in [0.2, 0.25) is 10.0 Å². The molecule has 0 saturated carbocycles. The first-order chi connectivity index (χ1) is 8.44. The molecule has 6 nitrogen and oxygen atoms in total. The van der Waals surface area contributed by atoms with Crippen molar-refractivity contribution in [2.24, 2.45) is 0 Å². The van der Waals surface area contributed by atoms with Gasteiger partial charge in [0.15, 0.2) is 0 Å². The molecule has 1 rings (SSSR count). The first-order valence-electron chi connectivity index (χ1n) is 6.13. The molecule has 0 aliphatic carbocycles. The molecule has 18 heavy (non-hydrogen) atoms. The van der Waals surface area contributed by atoms with Crippen LogP contribution < -0.4 is 4.72 Å². The van der Waals surface area contributed by atoms with Gasteiger partial charge in [-0.2, -0.15) is 0 Å². The largest absolute Gasteiger partial charge is 0.469 e. The van der Waals surface area contributed by atoms with E-state index < -0.39 is 16.0 Å². The molecule has 0 bridgehead atoms. The lowest BCUT2D eigenvalue weighted by molar-refractivity contribution is -0.140. The minimum absolute atomic E-state index is 0.0413. The van der Waals surface area contributed by atoms with Crippen LogP contribution in [-0.4, -0.2) is 46.0 Å². The average Bonchev–Trinajstić information content (AvgIpc) is 2.81. The van der Waals surface area contributed by atoms with E-state index in [0.717, 1.165) is 12.8 Å². The molecule has 0 spiro atoms. The van der Waals surface area contributed by atoms with Gasteiger partial charge < -0.3 is 9.47 Å². The molecule has 0 radical (unpaired) electrons. The van der Waals surface area contributed by atoms with Gasteiger partial charge >= 0.3 is 5.97 Å². The molecular weight excluding hydrogens is 258 g/mol. The summed E-state index contributed by atoms with van der Waals surface area (Å²) in [6.07, 6.45) is 2.19. The minimum Gasteiger partial charge on any atom is -0.469 e. The summed E-state index contributed by atoms with van der Waals surface area (Å²) in [5, 5.41) is 0. The van der Waals surface area contributed by atoms with E-state index in [1.807, 2.05) is 0 Å². The highest BCUT2D eigenvalue weighted by Crippen LogP contribution is 2.16. The van der Waals surface area contributed by atoms with Gasteiger partial charge in [0, 0.05) is 19.1 Å². The molecule has 0 amide bonds. The van der Waals surface area contributed by atoms with Crippen LogP contribution in [0.2, 0.25) is 0 Å². The third kappa shape index (κ3) is 5.32. The first-order valence-corrected chi connectivity index (χ1v) is 7.78. The number of carbonyl (C=O) groups is 1. The molecule has 1 heterocycles. The van der Waals surface area contributed by atoms with Crippen LogP contribution in [0.15, 0.2) is 0 Å². The number of methoxy groups -OCH3 is 1. The second kappa shape index (κ2) is 7.06. The van der Waals surface area contributed by atoms with Crippen LogP contribution in [0.25, 0.3) is 0 Å². The predicted octanol–water partition coefficient (Wildman–Crippen LogP) is 0.427. The van der Waals surface area contributed by atoms with Crippen molar-refractivity contribution in [3.05, 3.63) is 0 Å².